The second kappa shape index (κ2) is 12.3. The molecular weight excluding hydrogens is 308 g/mol. The number of likely N-dealkylation sites (N-methyl/N-ethyl adjacent to an activating group) is 1. The van der Waals surface area contributed by atoms with Crippen molar-refractivity contribution in [2.45, 2.75) is 33.7 Å². The van der Waals surface area contributed by atoms with Gasteiger partial charge in [0, 0.05) is 19.7 Å². The van der Waals surface area contributed by atoms with E-state index in [1.165, 1.54) is 5.56 Å². The monoisotopic (exact) mass is 340 g/mol. The highest BCUT2D eigenvalue weighted by Gasteiger charge is 2.18. The van der Waals surface area contributed by atoms with Crippen molar-refractivity contribution in [3.8, 4) is 0 Å². The Morgan fingerprint density at radius 3 is 2.61 bits per heavy atom. The van der Waals surface area contributed by atoms with Crippen LogP contribution in [-0.4, -0.2) is 56.8 Å². The smallest absolute Gasteiger partial charge is 0.191 e. The molecule has 6 heteroatoms. The summed E-state index contributed by atoms with van der Waals surface area (Å²) in [6.07, 6.45) is 0. The van der Waals surface area contributed by atoms with Gasteiger partial charge in [0.2, 0.25) is 0 Å². The highest BCUT2D eigenvalue weighted by atomic mass is 32.1. The summed E-state index contributed by atoms with van der Waals surface area (Å²) in [7, 11) is 0. The highest BCUT2D eigenvalue weighted by Crippen LogP contribution is 2.23. The van der Waals surface area contributed by atoms with E-state index in [0.29, 0.717) is 12.6 Å². The van der Waals surface area contributed by atoms with Gasteiger partial charge in [-0.25, -0.2) is 0 Å². The first-order valence-electron chi connectivity index (χ1n) is 8.62. The molecule has 0 spiro atoms. The predicted molar refractivity (Wildman–Crippen MR) is 100 cm³/mol. The van der Waals surface area contributed by atoms with Gasteiger partial charge in [-0.05, 0) is 49.3 Å². The van der Waals surface area contributed by atoms with E-state index in [9.17, 15) is 0 Å². The SMILES string of the molecule is CCNC(=NCC(c1ccsc1)N(CC)CC)NCCOCC. The second-order valence-corrected chi connectivity index (χ2v) is 5.92. The quantitative estimate of drug-likeness (QED) is 0.369. The maximum absolute atomic E-state index is 5.37. The van der Waals surface area contributed by atoms with Crippen LogP contribution in [0.4, 0.5) is 0 Å². The van der Waals surface area contributed by atoms with E-state index in [-0.39, 0.29) is 0 Å². The molecule has 1 unspecified atom stereocenters. The van der Waals surface area contributed by atoms with Gasteiger partial charge in [-0.1, -0.05) is 13.8 Å². The summed E-state index contributed by atoms with van der Waals surface area (Å²) < 4.78 is 5.37. The molecule has 0 fully saturated rings. The minimum atomic E-state index is 0.332. The number of guanidine groups is 1. The van der Waals surface area contributed by atoms with Crippen LogP contribution in [0.15, 0.2) is 21.8 Å². The van der Waals surface area contributed by atoms with Gasteiger partial charge >= 0.3 is 0 Å². The van der Waals surface area contributed by atoms with Crippen LogP contribution in [0.2, 0.25) is 0 Å². The van der Waals surface area contributed by atoms with Gasteiger partial charge in [0.15, 0.2) is 5.96 Å². The van der Waals surface area contributed by atoms with Crippen LogP contribution in [0.5, 0.6) is 0 Å². The van der Waals surface area contributed by atoms with Gasteiger partial charge in [0.25, 0.3) is 0 Å². The van der Waals surface area contributed by atoms with Crippen LogP contribution in [0, 0.1) is 0 Å². The molecular formula is C17H32N4OS. The summed E-state index contributed by atoms with van der Waals surface area (Å²) in [5.74, 6) is 0.861. The number of thiophene rings is 1. The molecule has 0 saturated carbocycles. The fourth-order valence-corrected chi connectivity index (χ4v) is 3.17. The summed E-state index contributed by atoms with van der Waals surface area (Å²) in [6, 6.07) is 2.54. The standard InChI is InChI=1S/C17H32N4OS/c1-5-18-17(19-10-11-22-8-4)20-13-16(21(6-2)7-3)15-9-12-23-14-15/h9,12,14,16H,5-8,10-11,13H2,1-4H3,(H2,18,19,20). The molecule has 23 heavy (non-hydrogen) atoms. The lowest BCUT2D eigenvalue weighted by Gasteiger charge is -2.28. The maximum Gasteiger partial charge on any atom is 0.191 e. The Labute approximate surface area is 145 Å². The molecule has 1 aromatic heterocycles. The summed E-state index contributed by atoms with van der Waals surface area (Å²) in [6.45, 7) is 14.4. The molecule has 132 valence electrons. The zero-order valence-electron chi connectivity index (χ0n) is 15.0. The van der Waals surface area contributed by atoms with Crippen molar-refractivity contribution >= 4 is 17.3 Å². The molecule has 0 aromatic carbocycles. The number of ether oxygens (including phenoxy) is 1. The van der Waals surface area contributed by atoms with Gasteiger partial charge in [-0.2, -0.15) is 11.3 Å². The third-order valence-electron chi connectivity index (χ3n) is 3.69. The van der Waals surface area contributed by atoms with Gasteiger partial charge in [-0.15, -0.1) is 0 Å². The molecule has 0 radical (unpaired) electrons. The minimum Gasteiger partial charge on any atom is -0.380 e. The van der Waals surface area contributed by atoms with Crippen LogP contribution < -0.4 is 10.6 Å². The van der Waals surface area contributed by atoms with E-state index >= 15 is 0 Å². The Kier molecular flexibility index (Phi) is 10.7. The maximum atomic E-state index is 5.37. The average molecular weight is 341 g/mol. The third kappa shape index (κ3) is 7.33. The lowest BCUT2D eigenvalue weighted by Crippen LogP contribution is -2.40. The number of nitrogens with zero attached hydrogens (tertiary/aromatic N) is 2. The van der Waals surface area contributed by atoms with E-state index < -0.39 is 0 Å². The van der Waals surface area contributed by atoms with Crippen molar-refractivity contribution in [1.82, 2.24) is 15.5 Å². The average Bonchev–Trinajstić information content (AvgIpc) is 3.09. The van der Waals surface area contributed by atoms with E-state index in [2.05, 4.69) is 53.1 Å². The van der Waals surface area contributed by atoms with E-state index in [1.54, 1.807) is 11.3 Å². The van der Waals surface area contributed by atoms with Crippen molar-refractivity contribution in [3.05, 3.63) is 22.4 Å². The molecule has 0 bridgehead atoms. The second-order valence-electron chi connectivity index (χ2n) is 5.14. The van der Waals surface area contributed by atoms with Crippen LogP contribution in [-0.2, 0) is 4.74 Å². The first kappa shape index (κ1) is 19.9. The molecule has 0 aliphatic carbocycles. The van der Waals surface area contributed by atoms with Gasteiger partial charge in [0.05, 0.1) is 19.2 Å². The normalized spacial score (nSPS) is 13.3. The Balaban J connectivity index is 2.70. The van der Waals surface area contributed by atoms with Gasteiger partial charge in [-0.3, -0.25) is 9.89 Å². The van der Waals surface area contributed by atoms with Crippen LogP contribution in [0.1, 0.15) is 39.3 Å². The first-order chi connectivity index (χ1) is 11.3. The lowest BCUT2D eigenvalue weighted by molar-refractivity contribution is 0.152. The van der Waals surface area contributed by atoms with E-state index in [4.69, 9.17) is 9.73 Å². The molecule has 0 aliphatic heterocycles. The summed E-state index contributed by atoms with van der Waals surface area (Å²) >= 11 is 1.75. The number of hydrogen-bond donors (Lipinski definition) is 2. The summed E-state index contributed by atoms with van der Waals surface area (Å²) in [4.78, 5) is 7.24. The van der Waals surface area contributed by atoms with E-state index in [0.717, 1.165) is 45.3 Å². The van der Waals surface area contributed by atoms with Crippen LogP contribution in [0.3, 0.4) is 0 Å². The molecule has 1 rings (SSSR count). The van der Waals surface area contributed by atoms with Crippen molar-refractivity contribution in [1.29, 1.82) is 0 Å². The Morgan fingerprint density at radius 1 is 1.26 bits per heavy atom. The van der Waals surface area contributed by atoms with Crippen molar-refractivity contribution in [3.63, 3.8) is 0 Å². The fraction of sp³-hybridized carbons (Fsp3) is 0.706. The highest BCUT2D eigenvalue weighted by molar-refractivity contribution is 7.07. The van der Waals surface area contributed by atoms with E-state index in [1.807, 2.05) is 6.92 Å². The fourth-order valence-electron chi connectivity index (χ4n) is 2.47. The number of rotatable bonds is 11. The van der Waals surface area contributed by atoms with Crippen molar-refractivity contribution in [2.75, 3.05) is 45.9 Å². The van der Waals surface area contributed by atoms with Crippen molar-refractivity contribution < 1.29 is 4.74 Å². The number of aliphatic imine (C=N–C) groups is 1. The molecule has 0 saturated heterocycles. The van der Waals surface area contributed by atoms with Crippen LogP contribution >= 0.6 is 11.3 Å². The van der Waals surface area contributed by atoms with Gasteiger partial charge < -0.3 is 15.4 Å². The third-order valence-corrected chi connectivity index (χ3v) is 4.39. The minimum absolute atomic E-state index is 0.332. The zero-order chi connectivity index (χ0) is 16.9. The molecule has 1 heterocycles. The molecule has 0 aliphatic rings. The van der Waals surface area contributed by atoms with Gasteiger partial charge in [0.1, 0.15) is 0 Å². The molecule has 5 nitrogen and oxygen atoms in total. The topological polar surface area (TPSA) is 48.9 Å². The Morgan fingerprint density at radius 2 is 2.04 bits per heavy atom. The zero-order valence-corrected chi connectivity index (χ0v) is 15.8. The molecule has 2 N–H and O–H groups in total. The van der Waals surface area contributed by atoms with Crippen LogP contribution in [0.25, 0.3) is 0 Å². The lowest BCUT2D eigenvalue weighted by atomic mass is 10.1. The number of hydrogen-bond acceptors (Lipinski definition) is 4. The van der Waals surface area contributed by atoms with Crippen molar-refractivity contribution in [2.24, 2.45) is 4.99 Å². The Bertz CT molecular complexity index is 418. The predicted octanol–water partition coefficient (Wildman–Crippen LogP) is 2.72. The first-order valence-corrected chi connectivity index (χ1v) is 9.57. The number of nitrogens with one attached hydrogen (secondary N) is 2. The summed E-state index contributed by atoms with van der Waals surface area (Å²) in [5, 5.41) is 11.0. The molecule has 0 amide bonds. The Hall–Kier alpha value is -1.11. The molecule has 1 aromatic rings. The molecule has 1 atom stereocenters. The summed E-state index contributed by atoms with van der Waals surface area (Å²) in [5.41, 5.74) is 1.35. The largest absolute Gasteiger partial charge is 0.380 e.